The van der Waals surface area contributed by atoms with Crippen LogP contribution in [-0.2, 0) is 9.53 Å². The lowest BCUT2D eigenvalue weighted by Crippen LogP contribution is -2.30. The number of amides is 1. The molecule has 1 amide bonds. The molecule has 0 heterocycles. The fourth-order valence-electron chi connectivity index (χ4n) is 2.91. The Morgan fingerprint density at radius 1 is 0.833 bits per heavy atom. The first-order valence-electron chi connectivity index (χ1n) is 9.14. The normalized spacial score (nSPS) is 10.9. The molecule has 0 spiro atoms. The summed E-state index contributed by atoms with van der Waals surface area (Å²) in [6, 6.07) is 24.4. The van der Waals surface area contributed by atoms with Crippen molar-refractivity contribution in [3.63, 3.8) is 0 Å². The molecule has 0 saturated heterocycles. The molecule has 0 bridgehead atoms. The van der Waals surface area contributed by atoms with E-state index in [1.54, 1.807) is 72.8 Å². The molecule has 0 saturated carbocycles. The third-order valence-electron chi connectivity index (χ3n) is 4.44. The van der Waals surface area contributed by atoms with Gasteiger partial charge in [0.1, 0.15) is 6.07 Å². The van der Waals surface area contributed by atoms with E-state index >= 15 is 0 Å². The molecule has 0 radical (unpaired) electrons. The van der Waals surface area contributed by atoms with Gasteiger partial charge in [-0.05, 0) is 36.8 Å². The molecule has 1 N–H and O–H groups in total. The van der Waals surface area contributed by atoms with Crippen molar-refractivity contribution in [3.8, 4) is 23.3 Å². The maximum absolute atomic E-state index is 12.8. The lowest BCUT2D eigenvalue weighted by Gasteiger charge is -2.16. The second kappa shape index (κ2) is 9.18. The van der Waals surface area contributed by atoms with Crippen molar-refractivity contribution in [2.75, 3.05) is 5.32 Å². The number of hydrogen-bond donors (Lipinski definition) is 1. The van der Waals surface area contributed by atoms with Gasteiger partial charge in [-0.1, -0.05) is 48.5 Å². The van der Waals surface area contributed by atoms with E-state index in [2.05, 4.69) is 11.4 Å². The molecule has 0 aliphatic rings. The molecule has 6 nitrogen and oxygen atoms in total. The third kappa shape index (κ3) is 4.35. The molecule has 3 rings (SSSR count). The van der Waals surface area contributed by atoms with Crippen molar-refractivity contribution < 1.29 is 14.3 Å². The lowest BCUT2D eigenvalue weighted by molar-refractivity contribution is -0.123. The maximum Gasteiger partial charge on any atom is 0.339 e. The summed E-state index contributed by atoms with van der Waals surface area (Å²) in [6.45, 7) is 1.45. The summed E-state index contributed by atoms with van der Waals surface area (Å²) in [5, 5.41) is 21.1. The highest BCUT2D eigenvalue weighted by Crippen LogP contribution is 2.27. The van der Waals surface area contributed by atoms with Crippen molar-refractivity contribution in [1.82, 2.24) is 0 Å². The van der Waals surface area contributed by atoms with Gasteiger partial charge in [-0.15, -0.1) is 0 Å². The van der Waals surface area contributed by atoms with Crippen LogP contribution in [0.25, 0.3) is 11.1 Å². The number of hydrogen-bond acceptors (Lipinski definition) is 5. The van der Waals surface area contributed by atoms with E-state index in [1.807, 2.05) is 6.07 Å². The highest BCUT2D eigenvalue weighted by Gasteiger charge is 2.22. The Balaban J connectivity index is 1.81. The van der Waals surface area contributed by atoms with Gasteiger partial charge >= 0.3 is 5.97 Å². The summed E-state index contributed by atoms with van der Waals surface area (Å²) in [5.41, 5.74) is 2.47. The molecular formula is C24H17N3O3. The Morgan fingerprint density at radius 2 is 1.40 bits per heavy atom. The van der Waals surface area contributed by atoms with Crippen molar-refractivity contribution in [3.05, 3.63) is 89.5 Å². The minimum Gasteiger partial charge on any atom is -0.449 e. The number of nitrogens with one attached hydrogen (secondary N) is 1. The van der Waals surface area contributed by atoms with Crippen LogP contribution >= 0.6 is 0 Å². The number of anilines is 1. The highest BCUT2D eigenvalue weighted by atomic mass is 16.5. The second-order valence-corrected chi connectivity index (χ2v) is 6.40. The Hall–Kier alpha value is -4.42. The number of esters is 1. The van der Waals surface area contributed by atoms with Crippen LogP contribution in [0.4, 0.5) is 5.69 Å². The van der Waals surface area contributed by atoms with E-state index in [0.717, 1.165) is 0 Å². The molecule has 146 valence electrons. The van der Waals surface area contributed by atoms with Crippen molar-refractivity contribution in [2.24, 2.45) is 0 Å². The number of rotatable bonds is 5. The van der Waals surface area contributed by atoms with Gasteiger partial charge in [0.05, 0.1) is 28.4 Å². The van der Waals surface area contributed by atoms with E-state index < -0.39 is 18.0 Å². The van der Waals surface area contributed by atoms with Crippen molar-refractivity contribution in [1.29, 1.82) is 10.5 Å². The van der Waals surface area contributed by atoms with Crippen LogP contribution in [0.5, 0.6) is 0 Å². The van der Waals surface area contributed by atoms with Gasteiger partial charge in [0.25, 0.3) is 5.91 Å². The maximum atomic E-state index is 12.8. The summed E-state index contributed by atoms with van der Waals surface area (Å²) in [6.07, 6.45) is -1.09. The zero-order chi connectivity index (χ0) is 21.5. The topological polar surface area (TPSA) is 103 Å². The molecule has 0 aliphatic heterocycles. The van der Waals surface area contributed by atoms with Crippen molar-refractivity contribution >= 4 is 17.6 Å². The lowest BCUT2D eigenvalue weighted by atomic mass is 9.96. The summed E-state index contributed by atoms with van der Waals surface area (Å²) in [4.78, 5) is 25.3. The van der Waals surface area contributed by atoms with E-state index in [4.69, 9.17) is 10.00 Å². The first kappa shape index (κ1) is 20.3. The summed E-state index contributed by atoms with van der Waals surface area (Å²) < 4.78 is 5.36. The van der Waals surface area contributed by atoms with Crippen LogP contribution < -0.4 is 5.32 Å². The van der Waals surface area contributed by atoms with Gasteiger partial charge in [-0.2, -0.15) is 10.5 Å². The summed E-state index contributed by atoms with van der Waals surface area (Å²) in [7, 11) is 0. The van der Waals surface area contributed by atoms with Crippen LogP contribution in [0, 0.1) is 22.7 Å². The zero-order valence-electron chi connectivity index (χ0n) is 16.1. The van der Waals surface area contributed by atoms with Gasteiger partial charge in [0, 0.05) is 5.56 Å². The van der Waals surface area contributed by atoms with E-state index in [-0.39, 0.29) is 5.56 Å². The largest absolute Gasteiger partial charge is 0.449 e. The second-order valence-electron chi connectivity index (χ2n) is 6.40. The fraction of sp³-hybridized carbons (Fsp3) is 0.0833. The highest BCUT2D eigenvalue weighted by molar-refractivity contribution is 6.01. The third-order valence-corrected chi connectivity index (χ3v) is 4.44. The van der Waals surface area contributed by atoms with Crippen LogP contribution in [0.1, 0.15) is 28.4 Å². The molecule has 1 atom stereocenters. The smallest absolute Gasteiger partial charge is 0.339 e. The molecular weight excluding hydrogens is 378 g/mol. The number of ether oxygens (including phenoxy) is 1. The first-order chi connectivity index (χ1) is 14.5. The molecule has 6 heteroatoms. The molecule has 0 fully saturated rings. The molecule has 0 aromatic heterocycles. The standard InChI is InChI=1S/C24H17N3O3/c1-16(23(28)27-22-13-7-3-9-18(22)15-26)30-24(29)21-12-6-5-11-20(21)19-10-4-2-8-17(19)14-25/h2-13,16H,1H3,(H,27,28)/t16-/m1/s1. The summed E-state index contributed by atoms with van der Waals surface area (Å²) in [5.74, 6) is -1.24. The van der Waals surface area contributed by atoms with E-state index in [0.29, 0.717) is 27.9 Å². The first-order valence-corrected chi connectivity index (χ1v) is 9.14. The van der Waals surface area contributed by atoms with Gasteiger partial charge in [0.15, 0.2) is 6.10 Å². The average molecular weight is 395 g/mol. The minimum atomic E-state index is -1.09. The predicted molar refractivity (Wildman–Crippen MR) is 111 cm³/mol. The number of benzene rings is 3. The number of carbonyl (C=O) groups is 2. The Bertz CT molecular complexity index is 1190. The zero-order valence-corrected chi connectivity index (χ0v) is 16.1. The Morgan fingerprint density at radius 3 is 2.10 bits per heavy atom. The van der Waals surface area contributed by atoms with Crippen molar-refractivity contribution in [2.45, 2.75) is 13.0 Å². The molecule has 3 aromatic carbocycles. The molecule has 3 aromatic rings. The van der Waals surface area contributed by atoms with E-state index in [9.17, 15) is 14.9 Å². The number of para-hydroxylation sites is 1. The van der Waals surface area contributed by atoms with Gasteiger partial charge in [-0.3, -0.25) is 4.79 Å². The van der Waals surface area contributed by atoms with Gasteiger partial charge < -0.3 is 10.1 Å². The Labute approximate surface area is 174 Å². The Kier molecular flexibility index (Phi) is 6.22. The van der Waals surface area contributed by atoms with Crippen LogP contribution in [0.15, 0.2) is 72.8 Å². The average Bonchev–Trinajstić information content (AvgIpc) is 2.79. The number of carbonyl (C=O) groups excluding carboxylic acids is 2. The van der Waals surface area contributed by atoms with Gasteiger partial charge in [-0.25, -0.2) is 4.79 Å². The van der Waals surface area contributed by atoms with Crippen LogP contribution in [0.3, 0.4) is 0 Å². The van der Waals surface area contributed by atoms with Crippen LogP contribution in [0.2, 0.25) is 0 Å². The summed E-state index contributed by atoms with van der Waals surface area (Å²) >= 11 is 0. The quantitative estimate of drug-likeness (QED) is 0.650. The monoisotopic (exact) mass is 395 g/mol. The van der Waals surface area contributed by atoms with E-state index in [1.165, 1.54) is 6.92 Å². The SMILES string of the molecule is C[C@@H](OC(=O)c1ccccc1-c1ccccc1C#N)C(=O)Nc1ccccc1C#N. The minimum absolute atomic E-state index is 0.247. The fourth-order valence-corrected chi connectivity index (χ4v) is 2.91. The van der Waals surface area contributed by atoms with Gasteiger partial charge in [0.2, 0.25) is 0 Å². The predicted octanol–water partition coefficient (Wildman–Crippen LogP) is 4.28. The molecule has 0 aliphatic carbocycles. The van der Waals surface area contributed by atoms with Crippen LogP contribution in [-0.4, -0.2) is 18.0 Å². The number of nitriles is 2. The number of nitrogens with zero attached hydrogens (tertiary/aromatic N) is 2. The molecule has 30 heavy (non-hydrogen) atoms. The molecule has 0 unspecified atom stereocenters.